The van der Waals surface area contributed by atoms with Crippen LogP contribution in [0.4, 0.5) is 0 Å². The van der Waals surface area contributed by atoms with Crippen LogP contribution in [0.2, 0.25) is 0 Å². The minimum absolute atomic E-state index is 0.177. The van der Waals surface area contributed by atoms with Crippen LogP contribution in [0, 0.1) is 0 Å². The summed E-state index contributed by atoms with van der Waals surface area (Å²) in [5.74, 6) is 1.75. The standard InChI is InChI=1S/C43H32O2/c1-42(2)37-19-11-10-18-35(37)39-33-16-8-9-17-34(33)41-36(40(39)42)24-25-43(45-41,28-20-22-29(44-3)23-21-28)38-26-27-12-4-5-13-30(27)31-14-6-7-15-32(31)38/h4-26H,1-3H3. The maximum absolute atomic E-state index is 7.63. The molecule has 0 fully saturated rings. The van der Waals surface area contributed by atoms with Gasteiger partial charge in [0, 0.05) is 27.5 Å². The topological polar surface area (TPSA) is 18.5 Å². The fourth-order valence-electron chi connectivity index (χ4n) is 8.06. The fourth-order valence-corrected chi connectivity index (χ4v) is 8.06. The van der Waals surface area contributed by atoms with Crippen LogP contribution >= 0.6 is 0 Å². The highest BCUT2D eigenvalue weighted by Crippen LogP contribution is 2.58. The van der Waals surface area contributed by atoms with E-state index in [2.05, 4.69) is 141 Å². The lowest BCUT2D eigenvalue weighted by atomic mass is 9.76. The Hall–Kier alpha value is -5.34. The first-order valence-corrected chi connectivity index (χ1v) is 15.6. The predicted octanol–water partition coefficient (Wildman–Crippen LogP) is 10.8. The van der Waals surface area contributed by atoms with Gasteiger partial charge in [-0.3, -0.25) is 0 Å². The van der Waals surface area contributed by atoms with E-state index in [1.807, 2.05) is 12.1 Å². The molecule has 0 N–H and O–H groups in total. The average molecular weight is 581 g/mol. The van der Waals surface area contributed by atoms with Gasteiger partial charge in [-0.1, -0.05) is 129 Å². The highest BCUT2D eigenvalue weighted by molar-refractivity contribution is 6.11. The Labute approximate surface area is 263 Å². The number of fused-ring (bicyclic) bond motifs is 11. The third-order valence-corrected chi connectivity index (χ3v) is 10.1. The van der Waals surface area contributed by atoms with E-state index in [0.717, 1.165) is 28.0 Å². The third kappa shape index (κ3) is 3.51. The van der Waals surface area contributed by atoms with Gasteiger partial charge in [-0.05, 0) is 73.5 Å². The van der Waals surface area contributed by atoms with Crippen molar-refractivity contribution in [2.24, 2.45) is 0 Å². The lowest BCUT2D eigenvalue weighted by Gasteiger charge is -2.39. The van der Waals surface area contributed by atoms with E-state index in [-0.39, 0.29) is 5.41 Å². The largest absolute Gasteiger partial charge is 0.497 e. The highest BCUT2D eigenvalue weighted by Gasteiger charge is 2.44. The van der Waals surface area contributed by atoms with E-state index in [9.17, 15) is 0 Å². The van der Waals surface area contributed by atoms with E-state index < -0.39 is 5.60 Å². The zero-order valence-electron chi connectivity index (χ0n) is 25.6. The minimum Gasteiger partial charge on any atom is -0.497 e. The fraction of sp³-hybridized carbons (Fsp3) is 0.116. The minimum atomic E-state index is -0.879. The SMILES string of the molecule is COc1ccc(C2(c3cc4ccccc4c4ccccc34)C=Cc3c4c(c5ccccc5c3O2)-c2ccccc2C4(C)C)cc1. The molecule has 216 valence electrons. The first kappa shape index (κ1) is 26.1. The van der Waals surface area contributed by atoms with Crippen molar-refractivity contribution in [3.63, 3.8) is 0 Å². The van der Waals surface area contributed by atoms with E-state index in [1.54, 1.807) is 7.11 Å². The molecular formula is C43H32O2. The zero-order valence-corrected chi connectivity index (χ0v) is 25.6. The summed E-state index contributed by atoms with van der Waals surface area (Å²) in [6.45, 7) is 4.70. The molecule has 1 aliphatic carbocycles. The summed E-state index contributed by atoms with van der Waals surface area (Å²) in [5, 5.41) is 7.19. The van der Waals surface area contributed by atoms with Gasteiger partial charge < -0.3 is 9.47 Å². The summed E-state index contributed by atoms with van der Waals surface area (Å²) in [4.78, 5) is 0. The Morgan fingerprint density at radius 3 is 2.02 bits per heavy atom. The highest BCUT2D eigenvalue weighted by atomic mass is 16.5. The quantitative estimate of drug-likeness (QED) is 0.194. The average Bonchev–Trinajstić information content (AvgIpc) is 3.34. The molecule has 0 radical (unpaired) electrons. The Morgan fingerprint density at radius 1 is 0.600 bits per heavy atom. The number of methoxy groups -OCH3 is 1. The van der Waals surface area contributed by atoms with E-state index in [0.29, 0.717) is 0 Å². The summed E-state index contributed by atoms with van der Waals surface area (Å²) in [6, 6.07) is 45.7. The van der Waals surface area contributed by atoms with Gasteiger partial charge >= 0.3 is 0 Å². The molecule has 1 atom stereocenters. The maximum atomic E-state index is 7.63. The Balaban J connectivity index is 1.40. The van der Waals surface area contributed by atoms with Crippen molar-refractivity contribution in [2.45, 2.75) is 24.9 Å². The Morgan fingerprint density at radius 2 is 1.24 bits per heavy atom. The lowest BCUT2D eigenvalue weighted by Crippen LogP contribution is -2.35. The van der Waals surface area contributed by atoms with Gasteiger partial charge in [-0.15, -0.1) is 0 Å². The van der Waals surface area contributed by atoms with Gasteiger partial charge in [0.2, 0.25) is 0 Å². The van der Waals surface area contributed by atoms with Gasteiger partial charge in [0.05, 0.1) is 7.11 Å². The molecule has 0 aromatic heterocycles. The number of benzene rings is 7. The van der Waals surface area contributed by atoms with Crippen LogP contribution in [0.5, 0.6) is 11.5 Å². The first-order chi connectivity index (χ1) is 22.0. The second kappa shape index (κ2) is 9.33. The molecule has 0 saturated carbocycles. The number of ether oxygens (including phenoxy) is 2. The Kier molecular flexibility index (Phi) is 5.41. The van der Waals surface area contributed by atoms with Crippen molar-refractivity contribution in [2.75, 3.05) is 7.11 Å². The maximum Gasteiger partial charge on any atom is 0.178 e. The van der Waals surface area contributed by atoms with Crippen molar-refractivity contribution in [1.29, 1.82) is 0 Å². The molecule has 45 heavy (non-hydrogen) atoms. The van der Waals surface area contributed by atoms with Gasteiger partial charge in [-0.25, -0.2) is 0 Å². The van der Waals surface area contributed by atoms with Crippen molar-refractivity contribution in [3.05, 3.63) is 161 Å². The van der Waals surface area contributed by atoms with Crippen LogP contribution in [0.25, 0.3) is 49.5 Å². The van der Waals surface area contributed by atoms with Crippen LogP contribution in [0.1, 0.15) is 41.7 Å². The van der Waals surface area contributed by atoms with Crippen molar-refractivity contribution < 1.29 is 9.47 Å². The smallest absolute Gasteiger partial charge is 0.178 e. The van der Waals surface area contributed by atoms with Gasteiger partial charge in [0.1, 0.15) is 11.5 Å². The van der Waals surface area contributed by atoms with Crippen molar-refractivity contribution in [1.82, 2.24) is 0 Å². The Bertz CT molecular complexity index is 2360. The second-order valence-corrected chi connectivity index (χ2v) is 12.8. The first-order valence-electron chi connectivity index (χ1n) is 15.6. The summed E-state index contributed by atoms with van der Waals surface area (Å²) in [5.41, 5.74) is 7.62. The normalized spacial score (nSPS) is 17.6. The molecular weight excluding hydrogens is 548 g/mol. The number of hydrogen-bond donors (Lipinski definition) is 0. The molecule has 0 spiro atoms. The summed E-state index contributed by atoms with van der Waals surface area (Å²) in [7, 11) is 1.71. The number of rotatable bonds is 3. The van der Waals surface area contributed by atoms with Crippen LogP contribution in [0.3, 0.4) is 0 Å². The van der Waals surface area contributed by atoms with E-state index >= 15 is 0 Å². The summed E-state index contributed by atoms with van der Waals surface area (Å²) >= 11 is 0. The molecule has 7 aromatic rings. The van der Waals surface area contributed by atoms with Crippen molar-refractivity contribution in [3.8, 4) is 22.6 Å². The van der Waals surface area contributed by atoms with Crippen LogP contribution in [0.15, 0.2) is 133 Å². The molecule has 2 heteroatoms. The predicted molar refractivity (Wildman–Crippen MR) is 186 cm³/mol. The molecule has 1 heterocycles. The lowest BCUT2D eigenvalue weighted by molar-refractivity contribution is 0.165. The molecule has 0 amide bonds. The van der Waals surface area contributed by atoms with Crippen LogP contribution < -0.4 is 9.47 Å². The number of hydrogen-bond acceptors (Lipinski definition) is 2. The van der Waals surface area contributed by atoms with E-state index in [4.69, 9.17) is 9.47 Å². The van der Waals surface area contributed by atoms with Crippen LogP contribution in [-0.4, -0.2) is 7.11 Å². The summed E-state index contributed by atoms with van der Waals surface area (Å²) < 4.78 is 13.2. The molecule has 1 unspecified atom stereocenters. The molecule has 7 aromatic carbocycles. The third-order valence-electron chi connectivity index (χ3n) is 10.1. The van der Waals surface area contributed by atoms with Gasteiger partial charge in [-0.2, -0.15) is 0 Å². The second-order valence-electron chi connectivity index (χ2n) is 12.8. The molecule has 0 bridgehead atoms. The molecule has 9 rings (SSSR count). The molecule has 2 nitrogen and oxygen atoms in total. The van der Waals surface area contributed by atoms with Crippen molar-refractivity contribution >= 4 is 38.4 Å². The van der Waals surface area contributed by atoms with Crippen LogP contribution in [-0.2, 0) is 11.0 Å². The zero-order chi connectivity index (χ0) is 30.3. The molecule has 2 aliphatic rings. The molecule has 1 aliphatic heterocycles. The summed E-state index contributed by atoms with van der Waals surface area (Å²) in [6.07, 6.45) is 4.63. The van der Waals surface area contributed by atoms with E-state index in [1.165, 1.54) is 54.7 Å². The molecule has 0 saturated heterocycles. The van der Waals surface area contributed by atoms with Gasteiger partial charge in [0.25, 0.3) is 0 Å². The monoisotopic (exact) mass is 580 g/mol. The van der Waals surface area contributed by atoms with Gasteiger partial charge in [0.15, 0.2) is 5.60 Å².